The van der Waals surface area contributed by atoms with E-state index < -0.39 is 0 Å². The van der Waals surface area contributed by atoms with Crippen LogP contribution in [0.25, 0.3) is 10.7 Å². The number of nitrogens with zero attached hydrogens (tertiary/aromatic N) is 2. The van der Waals surface area contributed by atoms with Crippen molar-refractivity contribution >= 4 is 28.8 Å². The third-order valence-corrected chi connectivity index (χ3v) is 4.19. The van der Waals surface area contributed by atoms with Gasteiger partial charge < -0.3 is 5.32 Å². The van der Waals surface area contributed by atoms with E-state index in [-0.39, 0.29) is 0 Å². The zero-order valence-electron chi connectivity index (χ0n) is 9.46. The highest BCUT2D eigenvalue weighted by molar-refractivity contribution is 7.19. The van der Waals surface area contributed by atoms with Crippen LogP contribution in [0.4, 0.5) is 5.82 Å². The number of hydrogen-bond acceptors (Lipinski definition) is 4. The number of hydrogen-bond donors (Lipinski definition) is 1. The van der Waals surface area contributed by atoms with Gasteiger partial charge in [-0.25, -0.2) is 9.97 Å². The molecule has 1 aliphatic carbocycles. The fourth-order valence-electron chi connectivity index (χ4n) is 2.18. The summed E-state index contributed by atoms with van der Waals surface area (Å²) in [6, 6.07) is 3.86. The van der Waals surface area contributed by atoms with Gasteiger partial charge in [-0.15, -0.1) is 11.3 Å². The van der Waals surface area contributed by atoms with Crippen molar-refractivity contribution < 1.29 is 0 Å². The maximum Gasteiger partial charge on any atom is 0.171 e. The molecule has 0 fully saturated rings. The number of nitrogens with one attached hydrogen (secondary N) is 1. The molecule has 2 aromatic rings. The molecule has 2 heterocycles. The molecule has 2 aromatic heterocycles. The molecule has 0 bridgehead atoms. The van der Waals surface area contributed by atoms with Crippen LogP contribution >= 0.6 is 22.9 Å². The minimum atomic E-state index is 0.773. The molecule has 0 unspecified atom stereocenters. The molecule has 3 nitrogen and oxygen atoms in total. The number of halogens is 1. The van der Waals surface area contributed by atoms with Crippen molar-refractivity contribution in [2.24, 2.45) is 0 Å². The van der Waals surface area contributed by atoms with Crippen molar-refractivity contribution in [1.82, 2.24) is 9.97 Å². The van der Waals surface area contributed by atoms with Crippen molar-refractivity contribution in [3.8, 4) is 10.7 Å². The van der Waals surface area contributed by atoms with E-state index in [1.54, 1.807) is 0 Å². The summed E-state index contributed by atoms with van der Waals surface area (Å²) < 4.78 is 0.773. The van der Waals surface area contributed by atoms with E-state index in [4.69, 9.17) is 11.6 Å². The Kier molecular flexibility index (Phi) is 2.76. The average Bonchev–Trinajstić information content (AvgIpc) is 2.95. The molecule has 0 spiro atoms. The first-order valence-corrected chi connectivity index (χ1v) is 6.80. The Labute approximate surface area is 109 Å². The number of rotatable bonds is 2. The van der Waals surface area contributed by atoms with Crippen molar-refractivity contribution in [2.45, 2.75) is 19.3 Å². The summed E-state index contributed by atoms with van der Waals surface area (Å²) in [7, 11) is 1.91. The molecule has 3 rings (SSSR count). The number of fused-ring (bicyclic) bond motifs is 1. The lowest BCUT2D eigenvalue weighted by molar-refractivity contribution is 0.900. The molecule has 1 aliphatic rings. The normalized spacial score (nSPS) is 13.8. The predicted molar refractivity (Wildman–Crippen MR) is 71.9 cm³/mol. The summed E-state index contributed by atoms with van der Waals surface area (Å²) in [4.78, 5) is 10.3. The minimum Gasteiger partial charge on any atom is -0.373 e. The summed E-state index contributed by atoms with van der Waals surface area (Å²) in [5.41, 5.74) is 2.46. The molecule has 0 saturated heterocycles. The second kappa shape index (κ2) is 4.27. The highest BCUT2D eigenvalue weighted by Crippen LogP contribution is 2.33. The van der Waals surface area contributed by atoms with E-state index in [1.165, 1.54) is 29.0 Å². The van der Waals surface area contributed by atoms with Crippen molar-refractivity contribution in [3.63, 3.8) is 0 Å². The van der Waals surface area contributed by atoms with Gasteiger partial charge in [-0.05, 0) is 31.4 Å². The average molecular weight is 266 g/mol. The van der Waals surface area contributed by atoms with Crippen LogP contribution in [0, 0.1) is 0 Å². The zero-order valence-corrected chi connectivity index (χ0v) is 11.0. The minimum absolute atomic E-state index is 0.773. The van der Waals surface area contributed by atoms with Crippen LogP contribution in [0.5, 0.6) is 0 Å². The summed E-state index contributed by atoms with van der Waals surface area (Å²) in [5, 5.41) is 3.16. The summed E-state index contributed by atoms with van der Waals surface area (Å²) in [5.74, 6) is 1.75. The van der Waals surface area contributed by atoms with E-state index in [1.807, 2.05) is 19.2 Å². The zero-order chi connectivity index (χ0) is 11.8. The van der Waals surface area contributed by atoms with Gasteiger partial charge in [0.15, 0.2) is 5.82 Å². The third-order valence-electron chi connectivity index (χ3n) is 2.96. The van der Waals surface area contributed by atoms with E-state index in [0.29, 0.717) is 0 Å². The smallest absolute Gasteiger partial charge is 0.171 e. The molecule has 0 aromatic carbocycles. The van der Waals surface area contributed by atoms with Gasteiger partial charge in [-0.2, -0.15) is 0 Å². The standard InChI is InChI=1S/C12H12ClN3S/c1-14-11-7-3-2-4-8(7)15-12(16-11)9-5-6-10(13)17-9/h5-6H,2-4H2,1H3,(H,14,15,16). The lowest BCUT2D eigenvalue weighted by Gasteiger charge is -2.08. The van der Waals surface area contributed by atoms with Gasteiger partial charge >= 0.3 is 0 Å². The summed E-state index contributed by atoms with van der Waals surface area (Å²) in [6.45, 7) is 0. The van der Waals surface area contributed by atoms with Crippen molar-refractivity contribution in [2.75, 3.05) is 12.4 Å². The molecule has 5 heteroatoms. The van der Waals surface area contributed by atoms with Crippen LogP contribution in [-0.2, 0) is 12.8 Å². The largest absolute Gasteiger partial charge is 0.373 e. The topological polar surface area (TPSA) is 37.8 Å². The lowest BCUT2D eigenvalue weighted by atomic mass is 10.2. The fraction of sp³-hybridized carbons (Fsp3) is 0.333. The second-order valence-electron chi connectivity index (χ2n) is 4.03. The van der Waals surface area contributed by atoms with E-state index >= 15 is 0 Å². The fourth-order valence-corrected chi connectivity index (χ4v) is 3.16. The Hall–Kier alpha value is -1.13. The molecule has 1 N–H and O–H groups in total. The highest BCUT2D eigenvalue weighted by atomic mass is 35.5. The van der Waals surface area contributed by atoms with Crippen LogP contribution in [0.1, 0.15) is 17.7 Å². The van der Waals surface area contributed by atoms with Crippen LogP contribution < -0.4 is 5.32 Å². The molecule has 0 saturated carbocycles. The predicted octanol–water partition coefficient (Wildman–Crippen LogP) is 3.39. The molecule has 0 aliphatic heterocycles. The van der Waals surface area contributed by atoms with Crippen molar-refractivity contribution in [3.05, 3.63) is 27.7 Å². The molecule has 17 heavy (non-hydrogen) atoms. The van der Waals surface area contributed by atoms with Crippen LogP contribution in [0.15, 0.2) is 12.1 Å². The quantitative estimate of drug-likeness (QED) is 0.905. The number of anilines is 1. The van der Waals surface area contributed by atoms with Gasteiger partial charge in [-0.1, -0.05) is 11.6 Å². The molecular formula is C12H12ClN3S. The number of thiophene rings is 1. The highest BCUT2D eigenvalue weighted by Gasteiger charge is 2.19. The molecule has 0 amide bonds. The molecular weight excluding hydrogens is 254 g/mol. The second-order valence-corrected chi connectivity index (χ2v) is 5.74. The molecule has 0 radical (unpaired) electrons. The Balaban J connectivity index is 2.12. The Bertz CT molecular complexity index is 565. The van der Waals surface area contributed by atoms with Gasteiger partial charge in [0, 0.05) is 18.3 Å². The first-order chi connectivity index (χ1) is 8.28. The van der Waals surface area contributed by atoms with Crippen LogP contribution in [0.2, 0.25) is 4.34 Å². The lowest BCUT2D eigenvalue weighted by Crippen LogP contribution is -2.02. The maximum atomic E-state index is 5.95. The molecule has 0 atom stereocenters. The molecule has 88 valence electrons. The number of aryl methyl sites for hydroxylation is 1. The van der Waals surface area contributed by atoms with Gasteiger partial charge in [0.05, 0.1) is 9.21 Å². The Morgan fingerprint density at radius 3 is 2.88 bits per heavy atom. The number of aromatic nitrogens is 2. The monoisotopic (exact) mass is 265 g/mol. The van der Waals surface area contributed by atoms with E-state index in [0.717, 1.165) is 33.7 Å². The van der Waals surface area contributed by atoms with Gasteiger partial charge in [0.1, 0.15) is 5.82 Å². The summed E-state index contributed by atoms with van der Waals surface area (Å²) >= 11 is 7.47. The first kappa shape index (κ1) is 11.0. The maximum absolute atomic E-state index is 5.95. The van der Waals surface area contributed by atoms with Gasteiger partial charge in [0.2, 0.25) is 0 Å². The Morgan fingerprint density at radius 1 is 1.29 bits per heavy atom. The van der Waals surface area contributed by atoms with E-state index in [9.17, 15) is 0 Å². The summed E-state index contributed by atoms with van der Waals surface area (Å²) in [6.07, 6.45) is 3.31. The van der Waals surface area contributed by atoms with Crippen molar-refractivity contribution in [1.29, 1.82) is 0 Å². The third kappa shape index (κ3) is 1.91. The van der Waals surface area contributed by atoms with E-state index in [2.05, 4.69) is 15.3 Å². The first-order valence-electron chi connectivity index (χ1n) is 5.61. The van der Waals surface area contributed by atoms with Crippen LogP contribution in [-0.4, -0.2) is 17.0 Å². The SMILES string of the molecule is CNc1nc(-c2ccc(Cl)s2)nc2c1CCC2. The van der Waals surface area contributed by atoms with Gasteiger partial charge in [0.25, 0.3) is 0 Å². The Morgan fingerprint density at radius 2 is 2.18 bits per heavy atom. The van der Waals surface area contributed by atoms with Crippen LogP contribution in [0.3, 0.4) is 0 Å². The van der Waals surface area contributed by atoms with Gasteiger partial charge in [-0.3, -0.25) is 0 Å².